The molecule has 0 heterocycles. The molecule has 196 valence electrons. The van der Waals surface area contributed by atoms with E-state index in [4.69, 9.17) is 0 Å². The van der Waals surface area contributed by atoms with Crippen molar-refractivity contribution in [2.75, 3.05) is 31.5 Å². The fourth-order valence-electron chi connectivity index (χ4n) is 4.29. The lowest BCUT2D eigenvalue weighted by atomic mass is 10.1. The summed E-state index contributed by atoms with van der Waals surface area (Å²) < 4.78 is 41.6. The van der Waals surface area contributed by atoms with E-state index in [1.807, 2.05) is 30.3 Å². The summed E-state index contributed by atoms with van der Waals surface area (Å²) in [6, 6.07) is 13.8. The number of anilines is 1. The molecule has 2 amide bonds. The van der Waals surface area contributed by atoms with E-state index < -0.39 is 34.5 Å². The third-order valence-corrected chi connectivity index (χ3v) is 8.31. The molecule has 0 bridgehead atoms. The zero-order valence-corrected chi connectivity index (χ0v) is 21.9. The van der Waals surface area contributed by atoms with Crippen molar-refractivity contribution in [3.05, 3.63) is 66.0 Å². The van der Waals surface area contributed by atoms with Gasteiger partial charge in [0, 0.05) is 26.7 Å². The highest BCUT2D eigenvalue weighted by Gasteiger charge is 2.33. The molecule has 0 radical (unpaired) electrons. The molecule has 1 aliphatic rings. The second kappa shape index (κ2) is 12.3. The van der Waals surface area contributed by atoms with E-state index in [1.54, 1.807) is 6.92 Å². The van der Waals surface area contributed by atoms with Crippen molar-refractivity contribution in [2.24, 2.45) is 0 Å². The van der Waals surface area contributed by atoms with Gasteiger partial charge in [0.2, 0.25) is 11.8 Å². The first kappa shape index (κ1) is 27.6. The number of hydrogen-bond acceptors (Lipinski definition) is 4. The fourth-order valence-corrected chi connectivity index (χ4v) is 5.34. The van der Waals surface area contributed by atoms with E-state index in [-0.39, 0.29) is 24.2 Å². The normalized spacial score (nSPS) is 15.0. The van der Waals surface area contributed by atoms with Crippen LogP contribution in [0.2, 0.25) is 0 Å². The molecule has 0 aromatic heterocycles. The molecule has 8 nitrogen and oxygen atoms in total. The maximum Gasteiger partial charge on any atom is 0.304 e. The van der Waals surface area contributed by atoms with Crippen LogP contribution in [-0.4, -0.2) is 68.7 Å². The van der Waals surface area contributed by atoms with E-state index in [0.717, 1.165) is 52.0 Å². The standard InChI is InChI=1S/C26H35FN4O4S/c1-20(26(33)28-23-11-7-8-12-23)30(18-17-21-9-5-4-6-10-21)25(32)19-31(36(34,35)29(2)3)24-15-13-22(27)14-16-24/h4-6,9-10,13-16,20,23H,7-8,11-12,17-19H2,1-3H3,(H,28,33)/t20-/m0/s1. The lowest BCUT2D eigenvalue weighted by Gasteiger charge is -2.33. The summed E-state index contributed by atoms with van der Waals surface area (Å²) in [6.45, 7) is 1.37. The number of halogens is 1. The van der Waals surface area contributed by atoms with Crippen LogP contribution in [-0.2, 0) is 26.2 Å². The van der Waals surface area contributed by atoms with Crippen LogP contribution in [0.3, 0.4) is 0 Å². The van der Waals surface area contributed by atoms with Crippen molar-refractivity contribution >= 4 is 27.7 Å². The van der Waals surface area contributed by atoms with Crippen molar-refractivity contribution in [2.45, 2.75) is 51.1 Å². The summed E-state index contributed by atoms with van der Waals surface area (Å²) in [7, 11) is -1.34. The Morgan fingerprint density at radius 2 is 1.64 bits per heavy atom. The number of amides is 2. The number of hydrogen-bond donors (Lipinski definition) is 1. The highest BCUT2D eigenvalue weighted by atomic mass is 32.2. The minimum atomic E-state index is -4.07. The Hall–Kier alpha value is -2.98. The second-order valence-electron chi connectivity index (χ2n) is 9.26. The van der Waals surface area contributed by atoms with Crippen LogP contribution in [0.4, 0.5) is 10.1 Å². The maximum absolute atomic E-state index is 13.6. The number of nitrogens with one attached hydrogen (secondary N) is 1. The van der Waals surface area contributed by atoms with E-state index >= 15 is 0 Å². The molecule has 10 heteroatoms. The summed E-state index contributed by atoms with van der Waals surface area (Å²) in [5.41, 5.74) is 1.15. The highest BCUT2D eigenvalue weighted by molar-refractivity contribution is 7.90. The van der Waals surface area contributed by atoms with Crippen molar-refractivity contribution in [1.29, 1.82) is 0 Å². The zero-order chi connectivity index (χ0) is 26.3. The molecule has 0 aliphatic heterocycles. The van der Waals surface area contributed by atoms with Gasteiger partial charge >= 0.3 is 10.2 Å². The smallest absolute Gasteiger partial charge is 0.304 e. The van der Waals surface area contributed by atoms with Gasteiger partial charge in [-0.1, -0.05) is 43.2 Å². The van der Waals surface area contributed by atoms with Crippen LogP contribution in [0.25, 0.3) is 0 Å². The van der Waals surface area contributed by atoms with Gasteiger partial charge in [0.15, 0.2) is 0 Å². The molecule has 0 saturated heterocycles. The maximum atomic E-state index is 13.6. The molecule has 1 fully saturated rings. The number of benzene rings is 2. The quantitative estimate of drug-likeness (QED) is 0.495. The predicted octanol–water partition coefficient (Wildman–Crippen LogP) is 2.96. The summed E-state index contributed by atoms with van der Waals surface area (Å²) in [6.07, 6.45) is 4.45. The summed E-state index contributed by atoms with van der Waals surface area (Å²) in [5.74, 6) is -1.30. The second-order valence-corrected chi connectivity index (χ2v) is 11.3. The third-order valence-electron chi connectivity index (χ3n) is 6.49. The molecule has 2 aromatic carbocycles. The number of rotatable bonds is 11. The zero-order valence-electron chi connectivity index (χ0n) is 21.1. The van der Waals surface area contributed by atoms with Gasteiger partial charge in [-0.2, -0.15) is 12.7 Å². The van der Waals surface area contributed by atoms with Crippen LogP contribution >= 0.6 is 0 Å². The number of carbonyl (C=O) groups excluding carboxylic acids is 2. The first-order valence-electron chi connectivity index (χ1n) is 12.2. The Balaban J connectivity index is 1.86. The molecular weight excluding hydrogens is 483 g/mol. The van der Waals surface area contributed by atoms with Gasteiger partial charge < -0.3 is 10.2 Å². The topological polar surface area (TPSA) is 90.0 Å². The molecule has 1 saturated carbocycles. The lowest BCUT2D eigenvalue weighted by molar-refractivity contribution is -0.139. The van der Waals surface area contributed by atoms with Crippen molar-refractivity contribution in [3.8, 4) is 0 Å². The monoisotopic (exact) mass is 518 g/mol. The van der Waals surface area contributed by atoms with E-state index in [1.165, 1.54) is 31.1 Å². The van der Waals surface area contributed by atoms with Crippen molar-refractivity contribution < 1.29 is 22.4 Å². The summed E-state index contributed by atoms with van der Waals surface area (Å²) >= 11 is 0. The van der Waals surface area contributed by atoms with Crippen LogP contribution in [0.15, 0.2) is 54.6 Å². The molecule has 1 aliphatic carbocycles. The molecule has 0 unspecified atom stereocenters. The van der Waals surface area contributed by atoms with E-state index in [9.17, 15) is 22.4 Å². The van der Waals surface area contributed by atoms with Gasteiger partial charge in [0.25, 0.3) is 0 Å². The molecular formula is C26H35FN4O4S. The highest BCUT2D eigenvalue weighted by Crippen LogP contribution is 2.21. The number of nitrogens with zero attached hydrogens (tertiary/aromatic N) is 3. The fraction of sp³-hybridized carbons (Fsp3) is 0.462. The Kier molecular flexibility index (Phi) is 9.44. The first-order chi connectivity index (χ1) is 17.1. The van der Waals surface area contributed by atoms with E-state index in [0.29, 0.717) is 6.42 Å². The Morgan fingerprint density at radius 1 is 1.03 bits per heavy atom. The summed E-state index contributed by atoms with van der Waals surface area (Å²) in [4.78, 5) is 28.1. The number of carbonyl (C=O) groups is 2. The lowest BCUT2D eigenvalue weighted by Crippen LogP contribution is -2.54. The minimum absolute atomic E-state index is 0.0934. The van der Waals surface area contributed by atoms with Crippen molar-refractivity contribution in [3.63, 3.8) is 0 Å². The predicted molar refractivity (Wildman–Crippen MR) is 138 cm³/mol. The molecule has 0 spiro atoms. The largest absolute Gasteiger partial charge is 0.352 e. The molecule has 1 atom stereocenters. The average Bonchev–Trinajstić information content (AvgIpc) is 3.36. The Bertz CT molecular complexity index is 1120. The molecule has 2 aromatic rings. The average molecular weight is 519 g/mol. The van der Waals surface area contributed by atoms with Crippen LogP contribution in [0.5, 0.6) is 0 Å². The molecule has 36 heavy (non-hydrogen) atoms. The summed E-state index contributed by atoms with van der Waals surface area (Å²) in [5, 5.41) is 3.04. The van der Waals surface area contributed by atoms with Gasteiger partial charge in [0.05, 0.1) is 5.69 Å². The Morgan fingerprint density at radius 3 is 2.22 bits per heavy atom. The Labute approximate surface area is 213 Å². The first-order valence-corrected chi connectivity index (χ1v) is 13.6. The SMILES string of the molecule is C[C@@H](C(=O)NC1CCCC1)N(CCc1ccccc1)C(=O)CN(c1ccc(F)cc1)S(=O)(=O)N(C)C. The van der Waals surface area contributed by atoms with Crippen LogP contribution < -0.4 is 9.62 Å². The molecule has 3 rings (SSSR count). The van der Waals surface area contributed by atoms with Gasteiger partial charge in [-0.25, -0.2) is 8.70 Å². The van der Waals surface area contributed by atoms with E-state index in [2.05, 4.69) is 5.32 Å². The van der Waals surface area contributed by atoms with Gasteiger partial charge in [-0.3, -0.25) is 9.59 Å². The van der Waals surface area contributed by atoms with Crippen molar-refractivity contribution in [1.82, 2.24) is 14.5 Å². The van der Waals surface area contributed by atoms with Gasteiger partial charge in [-0.05, 0) is 56.0 Å². The third kappa shape index (κ3) is 7.04. The molecule has 1 N–H and O–H groups in total. The van der Waals surface area contributed by atoms with Gasteiger partial charge in [0.1, 0.15) is 18.4 Å². The minimum Gasteiger partial charge on any atom is -0.352 e. The van der Waals surface area contributed by atoms with Crippen LogP contribution in [0.1, 0.15) is 38.2 Å². The van der Waals surface area contributed by atoms with Crippen LogP contribution in [0, 0.1) is 5.82 Å². The van der Waals surface area contributed by atoms with Gasteiger partial charge in [-0.15, -0.1) is 0 Å².